The Morgan fingerprint density at radius 1 is 0.962 bits per heavy atom. The van der Waals surface area contributed by atoms with Crippen LogP contribution in [0, 0.1) is 0 Å². The van der Waals surface area contributed by atoms with Gasteiger partial charge in [-0.25, -0.2) is 4.79 Å². The van der Waals surface area contributed by atoms with Crippen molar-refractivity contribution in [3.63, 3.8) is 0 Å². The van der Waals surface area contributed by atoms with Crippen molar-refractivity contribution in [3.05, 3.63) is 21.4 Å². The van der Waals surface area contributed by atoms with Gasteiger partial charge in [-0.2, -0.15) is 4.98 Å². The fourth-order valence-electron chi connectivity index (χ4n) is 3.03. The van der Waals surface area contributed by atoms with Crippen molar-refractivity contribution in [2.24, 2.45) is 0 Å². The molecule has 4 nitrogen and oxygen atoms in total. The minimum atomic E-state index is -0.332. The minimum Gasteiger partial charge on any atom is -0.450 e. The smallest absolute Gasteiger partial charge is 0.397 e. The number of ether oxygens (including phenoxy) is 1. The molecule has 0 aliphatic carbocycles. The lowest BCUT2D eigenvalue weighted by atomic mass is 10.1. The molecule has 5 heteroatoms. The summed E-state index contributed by atoms with van der Waals surface area (Å²) in [5.74, 6) is 0. The Labute approximate surface area is 161 Å². The number of rotatable bonds is 14. The molecule has 2 aromatic rings. The molecule has 0 aliphatic rings. The van der Waals surface area contributed by atoms with Crippen LogP contribution in [0.2, 0.25) is 0 Å². The molecule has 26 heavy (non-hydrogen) atoms. The van der Waals surface area contributed by atoms with E-state index in [-0.39, 0.29) is 11.7 Å². The molecule has 0 N–H and O–H groups in total. The Morgan fingerprint density at radius 2 is 1.62 bits per heavy atom. The highest BCUT2D eigenvalue weighted by Crippen LogP contribution is 2.25. The molecule has 2 aromatic heterocycles. The van der Waals surface area contributed by atoms with Gasteiger partial charge < -0.3 is 9.15 Å². The van der Waals surface area contributed by atoms with E-state index in [1.807, 2.05) is 6.07 Å². The highest BCUT2D eigenvalue weighted by Gasteiger charge is 2.11. The molecule has 0 aromatic carbocycles. The maximum absolute atomic E-state index is 12.2. The summed E-state index contributed by atoms with van der Waals surface area (Å²) >= 11 is 1.59. The Balaban J connectivity index is 1.81. The third-order valence-corrected chi connectivity index (χ3v) is 5.70. The molecule has 0 atom stereocenters. The van der Waals surface area contributed by atoms with Gasteiger partial charge in [-0.1, -0.05) is 71.6 Å². The van der Waals surface area contributed by atoms with Crippen molar-refractivity contribution in [3.8, 4) is 6.08 Å². The van der Waals surface area contributed by atoms with Crippen molar-refractivity contribution < 1.29 is 9.15 Å². The van der Waals surface area contributed by atoms with Gasteiger partial charge in [-0.15, -0.1) is 11.3 Å². The van der Waals surface area contributed by atoms with Gasteiger partial charge >= 0.3 is 11.7 Å². The maximum atomic E-state index is 12.2. The molecule has 0 saturated heterocycles. The zero-order chi connectivity index (χ0) is 18.6. The number of hydrogen-bond donors (Lipinski definition) is 0. The van der Waals surface area contributed by atoms with Crippen molar-refractivity contribution in [2.75, 3.05) is 6.61 Å². The van der Waals surface area contributed by atoms with E-state index in [1.54, 1.807) is 11.3 Å². The Hall–Kier alpha value is -1.36. The quantitative estimate of drug-likeness (QED) is 0.351. The van der Waals surface area contributed by atoms with Gasteiger partial charge in [0.2, 0.25) is 0 Å². The highest BCUT2D eigenvalue weighted by atomic mass is 32.1. The lowest BCUT2D eigenvalue weighted by molar-refractivity contribution is 0.211. The molecule has 0 radical (unpaired) electrons. The first-order valence-electron chi connectivity index (χ1n) is 10.3. The fraction of sp³-hybridized carbons (Fsp3) is 0.714. The van der Waals surface area contributed by atoms with E-state index < -0.39 is 0 Å². The summed E-state index contributed by atoms with van der Waals surface area (Å²) in [5.41, 5.74) is -0.332. The SMILES string of the molecule is CCCCCCCCOc1nc2sc(CCCCCCC)cc2c(=O)o1. The Kier molecular flexibility index (Phi) is 9.75. The lowest BCUT2D eigenvalue weighted by Gasteiger charge is -2.03. The molecule has 0 unspecified atom stereocenters. The third kappa shape index (κ3) is 7.10. The Bertz CT molecular complexity index is 692. The number of hydrogen-bond acceptors (Lipinski definition) is 5. The van der Waals surface area contributed by atoms with Crippen LogP contribution in [-0.4, -0.2) is 11.6 Å². The van der Waals surface area contributed by atoms with E-state index in [1.165, 1.54) is 62.7 Å². The summed E-state index contributed by atoms with van der Waals surface area (Å²) in [6.45, 7) is 5.00. The van der Waals surface area contributed by atoms with Crippen LogP contribution in [0.3, 0.4) is 0 Å². The lowest BCUT2D eigenvalue weighted by Crippen LogP contribution is -2.05. The average molecular weight is 380 g/mol. The number of fused-ring (bicyclic) bond motifs is 1. The van der Waals surface area contributed by atoms with Crippen LogP contribution in [0.4, 0.5) is 0 Å². The van der Waals surface area contributed by atoms with E-state index in [0.717, 1.165) is 24.1 Å². The molecule has 0 amide bonds. The van der Waals surface area contributed by atoms with Gasteiger partial charge in [-0.05, 0) is 25.3 Å². The molecule has 0 saturated carbocycles. The third-order valence-electron chi connectivity index (χ3n) is 4.61. The number of aryl methyl sites for hydroxylation is 1. The van der Waals surface area contributed by atoms with Gasteiger partial charge in [-0.3, -0.25) is 0 Å². The van der Waals surface area contributed by atoms with Gasteiger partial charge in [0.25, 0.3) is 0 Å². The van der Waals surface area contributed by atoms with Crippen LogP contribution in [0.25, 0.3) is 10.2 Å². The summed E-state index contributed by atoms with van der Waals surface area (Å²) < 4.78 is 10.8. The summed E-state index contributed by atoms with van der Waals surface area (Å²) in [4.78, 5) is 18.5. The molecule has 0 spiro atoms. The zero-order valence-electron chi connectivity index (χ0n) is 16.3. The predicted octanol–water partition coefficient (Wildman–Crippen LogP) is 6.50. The molecule has 0 fully saturated rings. The summed E-state index contributed by atoms with van der Waals surface area (Å²) in [6, 6.07) is 1.94. The summed E-state index contributed by atoms with van der Waals surface area (Å²) in [6.07, 6.45) is 14.6. The van der Waals surface area contributed by atoms with Crippen molar-refractivity contribution in [1.82, 2.24) is 4.98 Å². The normalized spacial score (nSPS) is 11.3. The summed E-state index contributed by atoms with van der Waals surface area (Å²) in [7, 11) is 0. The zero-order valence-corrected chi connectivity index (χ0v) is 17.2. The molecular formula is C21H33NO3S. The first-order valence-corrected chi connectivity index (χ1v) is 11.1. The molecule has 146 valence electrons. The Morgan fingerprint density at radius 3 is 2.35 bits per heavy atom. The monoisotopic (exact) mass is 379 g/mol. The number of aromatic nitrogens is 1. The second kappa shape index (κ2) is 12.1. The van der Waals surface area contributed by atoms with Gasteiger partial charge in [0, 0.05) is 4.88 Å². The summed E-state index contributed by atoms with van der Waals surface area (Å²) in [5, 5.41) is 0.588. The van der Waals surface area contributed by atoms with Crippen molar-refractivity contribution in [2.45, 2.75) is 90.9 Å². The van der Waals surface area contributed by atoms with E-state index in [0.29, 0.717) is 12.0 Å². The first kappa shape index (κ1) is 20.9. The highest BCUT2D eigenvalue weighted by molar-refractivity contribution is 7.18. The van der Waals surface area contributed by atoms with Crippen LogP contribution in [-0.2, 0) is 6.42 Å². The molecule has 0 bridgehead atoms. The predicted molar refractivity (Wildman–Crippen MR) is 109 cm³/mol. The van der Waals surface area contributed by atoms with E-state index in [4.69, 9.17) is 9.15 Å². The number of unbranched alkanes of at least 4 members (excludes halogenated alkanes) is 9. The van der Waals surface area contributed by atoms with Gasteiger partial charge in [0.1, 0.15) is 4.83 Å². The molecular weight excluding hydrogens is 346 g/mol. The van der Waals surface area contributed by atoms with Crippen LogP contribution >= 0.6 is 11.3 Å². The first-order chi connectivity index (χ1) is 12.7. The number of nitrogens with zero attached hydrogens (tertiary/aromatic N) is 1. The van der Waals surface area contributed by atoms with Crippen LogP contribution < -0.4 is 10.4 Å². The number of thiophene rings is 1. The second-order valence-electron chi connectivity index (χ2n) is 6.98. The second-order valence-corrected chi connectivity index (χ2v) is 8.09. The van der Waals surface area contributed by atoms with Crippen LogP contribution in [0.5, 0.6) is 6.08 Å². The molecule has 2 heterocycles. The topological polar surface area (TPSA) is 52.3 Å². The average Bonchev–Trinajstić information content (AvgIpc) is 3.04. The maximum Gasteiger partial charge on any atom is 0.397 e. The molecule has 0 aliphatic heterocycles. The minimum absolute atomic E-state index is 0.118. The van der Waals surface area contributed by atoms with E-state index >= 15 is 0 Å². The van der Waals surface area contributed by atoms with Gasteiger partial charge in [0.15, 0.2) is 0 Å². The van der Waals surface area contributed by atoms with E-state index in [2.05, 4.69) is 18.8 Å². The van der Waals surface area contributed by atoms with Crippen LogP contribution in [0.15, 0.2) is 15.3 Å². The fourth-order valence-corrected chi connectivity index (χ4v) is 4.07. The van der Waals surface area contributed by atoms with E-state index in [9.17, 15) is 4.79 Å². The van der Waals surface area contributed by atoms with Crippen molar-refractivity contribution in [1.29, 1.82) is 0 Å². The van der Waals surface area contributed by atoms with Crippen molar-refractivity contribution >= 4 is 21.6 Å². The van der Waals surface area contributed by atoms with Crippen LogP contribution in [0.1, 0.15) is 89.4 Å². The molecule has 2 rings (SSSR count). The standard InChI is InChI=1S/C21H33NO3S/c1-3-5-7-9-11-13-15-24-21-22-19-18(20(23)25-21)16-17(26-19)14-12-10-8-6-4-2/h16H,3-15H2,1-2H3. The van der Waals surface area contributed by atoms with Gasteiger partial charge in [0.05, 0.1) is 12.0 Å². The largest absolute Gasteiger partial charge is 0.450 e.